The van der Waals surface area contributed by atoms with Crippen LogP contribution in [0.25, 0.3) is 0 Å². The lowest BCUT2D eigenvalue weighted by Crippen LogP contribution is -2.29. The number of aromatic nitrogens is 2. The SMILES string of the molecule is CC(C)c1nc(CN2CCCc3c(N)cccc32)no1. The van der Waals surface area contributed by atoms with Crippen LogP contribution in [0.1, 0.15) is 43.5 Å². The Labute approximate surface area is 118 Å². The summed E-state index contributed by atoms with van der Waals surface area (Å²) >= 11 is 0. The third-order valence-corrected chi connectivity index (χ3v) is 3.69. The summed E-state index contributed by atoms with van der Waals surface area (Å²) in [5.74, 6) is 1.70. The lowest BCUT2D eigenvalue weighted by atomic mass is 10.00. The second-order valence-electron chi connectivity index (χ2n) is 5.57. The van der Waals surface area contributed by atoms with Crippen LogP contribution in [-0.4, -0.2) is 16.7 Å². The molecular weight excluding hydrogens is 252 g/mol. The summed E-state index contributed by atoms with van der Waals surface area (Å²) < 4.78 is 5.27. The number of nitrogens with two attached hydrogens (primary N) is 1. The molecule has 2 aromatic rings. The number of benzene rings is 1. The van der Waals surface area contributed by atoms with E-state index in [9.17, 15) is 0 Å². The molecular formula is C15H20N4O. The summed E-state index contributed by atoms with van der Waals surface area (Å²) in [6.45, 7) is 5.77. The van der Waals surface area contributed by atoms with Gasteiger partial charge in [0, 0.05) is 23.8 Å². The van der Waals surface area contributed by atoms with E-state index in [4.69, 9.17) is 10.3 Å². The van der Waals surface area contributed by atoms with Gasteiger partial charge in [-0.2, -0.15) is 4.98 Å². The molecule has 1 aromatic carbocycles. The molecule has 2 N–H and O–H groups in total. The molecule has 20 heavy (non-hydrogen) atoms. The zero-order valence-electron chi connectivity index (χ0n) is 12.0. The van der Waals surface area contributed by atoms with Crippen LogP contribution in [0.3, 0.4) is 0 Å². The molecule has 0 atom stereocenters. The molecule has 0 saturated heterocycles. The predicted octanol–water partition coefficient (Wildman–Crippen LogP) is 2.73. The standard InChI is InChI=1S/C15H20N4O/c1-10(2)15-17-14(18-20-15)9-19-8-4-5-11-12(16)6-3-7-13(11)19/h3,6-7,10H,4-5,8-9,16H2,1-2H3. The first-order chi connectivity index (χ1) is 9.65. The molecule has 1 aromatic heterocycles. The molecule has 0 aliphatic carbocycles. The van der Waals surface area contributed by atoms with Gasteiger partial charge in [-0.1, -0.05) is 25.1 Å². The highest BCUT2D eigenvalue weighted by Crippen LogP contribution is 2.31. The molecule has 1 aliphatic rings. The highest BCUT2D eigenvalue weighted by molar-refractivity contribution is 5.66. The van der Waals surface area contributed by atoms with Crippen LogP contribution in [0.4, 0.5) is 11.4 Å². The van der Waals surface area contributed by atoms with E-state index in [0.29, 0.717) is 12.4 Å². The van der Waals surface area contributed by atoms with Gasteiger partial charge in [-0.05, 0) is 30.5 Å². The molecule has 0 radical (unpaired) electrons. The van der Waals surface area contributed by atoms with E-state index in [1.54, 1.807) is 0 Å². The van der Waals surface area contributed by atoms with E-state index in [-0.39, 0.29) is 5.92 Å². The summed E-state index contributed by atoms with van der Waals surface area (Å²) in [4.78, 5) is 6.73. The highest BCUT2D eigenvalue weighted by Gasteiger charge is 2.20. The fraction of sp³-hybridized carbons (Fsp3) is 0.467. The summed E-state index contributed by atoms with van der Waals surface area (Å²) in [6, 6.07) is 6.09. The van der Waals surface area contributed by atoms with Gasteiger partial charge in [0.2, 0.25) is 5.89 Å². The van der Waals surface area contributed by atoms with Crippen molar-refractivity contribution in [3.05, 3.63) is 35.5 Å². The number of hydrogen-bond donors (Lipinski definition) is 1. The third kappa shape index (κ3) is 2.35. The summed E-state index contributed by atoms with van der Waals surface area (Å²) in [5, 5.41) is 4.07. The average Bonchev–Trinajstić information content (AvgIpc) is 2.89. The Hall–Kier alpha value is -2.04. The summed E-state index contributed by atoms with van der Waals surface area (Å²) in [7, 11) is 0. The van der Waals surface area contributed by atoms with Gasteiger partial charge < -0.3 is 15.2 Å². The summed E-state index contributed by atoms with van der Waals surface area (Å²) in [6.07, 6.45) is 2.15. The Kier molecular flexibility index (Phi) is 3.34. The van der Waals surface area contributed by atoms with Gasteiger partial charge in [0.25, 0.3) is 0 Å². The Morgan fingerprint density at radius 3 is 3.00 bits per heavy atom. The Morgan fingerprint density at radius 1 is 1.40 bits per heavy atom. The van der Waals surface area contributed by atoms with Crippen molar-refractivity contribution in [2.45, 2.75) is 39.2 Å². The van der Waals surface area contributed by atoms with Crippen LogP contribution in [0.5, 0.6) is 0 Å². The first kappa shape index (κ1) is 13.0. The van der Waals surface area contributed by atoms with Crippen molar-refractivity contribution in [3.63, 3.8) is 0 Å². The van der Waals surface area contributed by atoms with Crippen LogP contribution < -0.4 is 10.6 Å². The molecule has 0 saturated carbocycles. The number of rotatable bonds is 3. The van der Waals surface area contributed by atoms with Crippen LogP contribution in [0.15, 0.2) is 22.7 Å². The average molecular weight is 272 g/mol. The second-order valence-corrected chi connectivity index (χ2v) is 5.57. The number of nitrogens with zero attached hydrogens (tertiary/aromatic N) is 3. The molecule has 0 fully saturated rings. The third-order valence-electron chi connectivity index (χ3n) is 3.69. The van der Waals surface area contributed by atoms with Crippen molar-refractivity contribution in [3.8, 4) is 0 Å². The van der Waals surface area contributed by atoms with Gasteiger partial charge >= 0.3 is 0 Å². The van der Waals surface area contributed by atoms with Crippen LogP contribution in [-0.2, 0) is 13.0 Å². The molecule has 5 nitrogen and oxygen atoms in total. The lowest BCUT2D eigenvalue weighted by molar-refractivity contribution is 0.360. The van der Waals surface area contributed by atoms with Gasteiger partial charge in [-0.3, -0.25) is 0 Å². The Bertz CT molecular complexity index is 606. The van der Waals surface area contributed by atoms with E-state index >= 15 is 0 Å². The van der Waals surface area contributed by atoms with Gasteiger partial charge in [-0.25, -0.2) is 0 Å². The minimum Gasteiger partial charge on any atom is -0.398 e. The van der Waals surface area contributed by atoms with E-state index in [0.717, 1.165) is 30.9 Å². The van der Waals surface area contributed by atoms with E-state index in [2.05, 4.69) is 21.1 Å². The predicted molar refractivity (Wildman–Crippen MR) is 78.6 cm³/mol. The van der Waals surface area contributed by atoms with Crippen molar-refractivity contribution >= 4 is 11.4 Å². The second kappa shape index (κ2) is 5.15. The van der Waals surface area contributed by atoms with Crippen LogP contribution in [0, 0.1) is 0 Å². The molecule has 3 rings (SSSR count). The van der Waals surface area contributed by atoms with Crippen molar-refractivity contribution in [2.75, 3.05) is 17.2 Å². The summed E-state index contributed by atoms with van der Waals surface area (Å²) in [5.41, 5.74) is 9.39. The molecule has 0 bridgehead atoms. The van der Waals surface area contributed by atoms with E-state index in [1.807, 2.05) is 26.0 Å². The first-order valence-electron chi connectivity index (χ1n) is 7.10. The van der Waals surface area contributed by atoms with Gasteiger partial charge in [0.15, 0.2) is 5.82 Å². The zero-order chi connectivity index (χ0) is 14.1. The molecule has 0 spiro atoms. The quantitative estimate of drug-likeness (QED) is 0.870. The molecule has 106 valence electrons. The maximum atomic E-state index is 6.06. The fourth-order valence-corrected chi connectivity index (χ4v) is 2.63. The normalized spacial score (nSPS) is 14.7. The molecule has 0 amide bonds. The van der Waals surface area contributed by atoms with Crippen molar-refractivity contribution in [1.29, 1.82) is 0 Å². The topological polar surface area (TPSA) is 68.2 Å². The number of hydrogen-bond acceptors (Lipinski definition) is 5. The first-order valence-corrected chi connectivity index (χ1v) is 7.10. The fourth-order valence-electron chi connectivity index (χ4n) is 2.63. The maximum Gasteiger partial charge on any atom is 0.229 e. The van der Waals surface area contributed by atoms with E-state index in [1.165, 1.54) is 11.3 Å². The number of anilines is 2. The highest BCUT2D eigenvalue weighted by atomic mass is 16.5. The van der Waals surface area contributed by atoms with Crippen molar-refractivity contribution in [1.82, 2.24) is 10.1 Å². The monoisotopic (exact) mass is 272 g/mol. The Morgan fingerprint density at radius 2 is 2.25 bits per heavy atom. The van der Waals surface area contributed by atoms with Gasteiger partial charge in [-0.15, -0.1) is 0 Å². The minimum absolute atomic E-state index is 0.264. The van der Waals surface area contributed by atoms with E-state index < -0.39 is 0 Å². The molecule has 0 unspecified atom stereocenters. The Balaban J connectivity index is 1.84. The molecule has 2 heterocycles. The molecule has 1 aliphatic heterocycles. The van der Waals surface area contributed by atoms with Crippen LogP contribution >= 0.6 is 0 Å². The zero-order valence-corrected chi connectivity index (χ0v) is 12.0. The van der Waals surface area contributed by atoms with Gasteiger partial charge in [0.05, 0.1) is 6.54 Å². The van der Waals surface area contributed by atoms with Gasteiger partial charge in [0.1, 0.15) is 0 Å². The van der Waals surface area contributed by atoms with Crippen LogP contribution in [0.2, 0.25) is 0 Å². The number of nitrogen functional groups attached to an aromatic ring is 1. The van der Waals surface area contributed by atoms with Crippen molar-refractivity contribution < 1.29 is 4.52 Å². The molecule has 5 heteroatoms. The minimum atomic E-state index is 0.264. The van der Waals surface area contributed by atoms with Crippen molar-refractivity contribution in [2.24, 2.45) is 0 Å². The lowest BCUT2D eigenvalue weighted by Gasteiger charge is -2.30. The number of fused-ring (bicyclic) bond motifs is 1. The largest absolute Gasteiger partial charge is 0.398 e. The maximum absolute atomic E-state index is 6.06. The smallest absolute Gasteiger partial charge is 0.229 e.